The van der Waals surface area contributed by atoms with Crippen LogP contribution in [0.5, 0.6) is 0 Å². The number of nitrogens with zero attached hydrogens (tertiary/aromatic N) is 1. The van der Waals surface area contributed by atoms with E-state index in [9.17, 15) is 4.79 Å². The van der Waals surface area contributed by atoms with Crippen molar-refractivity contribution in [3.63, 3.8) is 0 Å². The van der Waals surface area contributed by atoms with Gasteiger partial charge in [-0.1, -0.05) is 30.3 Å². The molecule has 1 aromatic carbocycles. The summed E-state index contributed by atoms with van der Waals surface area (Å²) in [5.41, 5.74) is 6.81. The first-order valence-corrected chi connectivity index (χ1v) is 7.63. The fourth-order valence-electron chi connectivity index (χ4n) is 2.90. The summed E-state index contributed by atoms with van der Waals surface area (Å²) in [4.78, 5) is 14.0. The van der Waals surface area contributed by atoms with Crippen molar-refractivity contribution < 1.29 is 9.53 Å². The summed E-state index contributed by atoms with van der Waals surface area (Å²) in [5.74, 6) is 0.712. The minimum absolute atomic E-state index is 0.229. The molecule has 2 rings (SSSR count). The quantitative estimate of drug-likeness (QED) is 0.911. The highest BCUT2D eigenvalue weighted by molar-refractivity contribution is 5.68. The predicted molar refractivity (Wildman–Crippen MR) is 84.2 cm³/mol. The SMILES string of the molecule is CC(C)(C)OC(=O)N1CCC(c2ccccc2)C(CN)C1. The normalized spacial score (nSPS) is 23.0. The molecule has 0 spiro atoms. The van der Waals surface area contributed by atoms with Gasteiger partial charge in [0.1, 0.15) is 5.60 Å². The second-order valence-corrected chi connectivity index (χ2v) is 6.73. The smallest absolute Gasteiger partial charge is 0.410 e. The number of benzene rings is 1. The van der Waals surface area contributed by atoms with Crippen molar-refractivity contribution in [3.8, 4) is 0 Å². The van der Waals surface area contributed by atoms with Gasteiger partial charge in [0.05, 0.1) is 0 Å². The molecule has 1 aliphatic heterocycles. The first kappa shape index (κ1) is 15.8. The first-order valence-electron chi connectivity index (χ1n) is 7.63. The van der Waals surface area contributed by atoms with Gasteiger partial charge in [0.2, 0.25) is 0 Å². The Morgan fingerprint density at radius 3 is 2.57 bits per heavy atom. The fraction of sp³-hybridized carbons (Fsp3) is 0.588. The van der Waals surface area contributed by atoms with Crippen LogP contribution in [0.4, 0.5) is 4.79 Å². The third-order valence-electron chi connectivity index (χ3n) is 3.92. The molecule has 0 radical (unpaired) electrons. The zero-order chi connectivity index (χ0) is 15.5. The fourth-order valence-corrected chi connectivity index (χ4v) is 2.90. The van der Waals surface area contributed by atoms with Crippen LogP contribution in [0.3, 0.4) is 0 Å². The third-order valence-corrected chi connectivity index (χ3v) is 3.92. The molecular formula is C17H26N2O2. The van der Waals surface area contributed by atoms with Crippen molar-refractivity contribution in [1.29, 1.82) is 0 Å². The standard InChI is InChI=1S/C17H26N2O2/c1-17(2,3)21-16(20)19-10-9-15(14(11-18)12-19)13-7-5-4-6-8-13/h4-8,14-15H,9-12,18H2,1-3H3. The molecule has 0 aliphatic carbocycles. The second-order valence-electron chi connectivity index (χ2n) is 6.73. The summed E-state index contributed by atoms with van der Waals surface area (Å²) < 4.78 is 5.46. The number of hydrogen-bond acceptors (Lipinski definition) is 3. The van der Waals surface area contributed by atoms with Crippen LogP contribution in [0.15, 0.2) is 30.3 Å². The third kappa shape index (κ3) is 4.21. The minimum atomic E-state index is -0.453. The summed E-state index contributed by atoms with van der Waals surface area (Å²) in [7, 11) is 0. The average Bonchev–Trinajstić information content (AvgIpc) is 2.45. The van der Waals surface area contributed by atoms with E-state index in [4.69, 9.17) is 10.5 Å². The van der Waals surface area contributed by atoms with E-state index in [0.29, 0.717) is 19.0 Å². The van der Waals surface area contributed by atoms with Gasteiger partial charge in [0.25, 0.3) is 0 Å². The maximum atomic E-state index is 12.2. The van der Waals surface area contributed by atoms with E-state index in [1.165, 1.54) is 5.56 Å². The summed E-state index contributed by atoms with van der Waals surface area (Å²) in [6, 6.07) is 10.4. The minimum Gasteiger partial charge on any atom is -0.444 e. The van der Waals surface area contributed by atoms with Crippen LogP contribution >= 0.6 is 0 Å². The highest BCUT2D eigenvalue weighted by Crippen LogP contribution is 2.32. The lowest BCUT2D eigenvalue weighted by Gasteiger charge is -2.38. The number of rotatable bonds is 2. The number of carbonyl (C=O) groups is 1. The molecule has 1 amide bonds. The lowest BCUT2D eigenvalue weighted by Crippen LogP contribution is -2.47. The van der Waals surface area contributed by atoms with Crippen LogP contribution < -0.4 is 5.73 Å². The van der Waals surface area contributed by atoms with Crippen LogP contribution in [0, 0.1) is 5.92 Å². The Labute approximate surface area is 127 Å². The summed E-state index contributed by atoms with van der Waals surface area (Å²) >= 11 is 0. The van der Waals surface area contributed by atoms with Crippen molar-refractivity contribution in [3.05, 3.63) is 35.9 Å². The molecule has 4 nitrogen and oxygen atoms in total. The molecule has 1 fully saturated rings. The summed E-state index contributed by atoms with van der Waals surface area (Å²) in [5, 5.41) is 0. The number of hydrogen-bond donors (Lipinski definition) is 1. The molecule has 1 aliphatic rings. The van der Waals surface area contributed by atoms with E-state index < -0.39 is 5.60 Å². The zero-order valence-electron chi connectivity index (χ0n) is 13.2. The monoisotopic (exact) mass is 290 g/mol. The number of likely N-dealkylation sites (tertiary alicyclic amines) is 1. The largest absolute Gasteiger partial charge is 0.444 e. The molecule has 1 aromatic rings. The number of amides is 1. The Morgan fingerprint density at radius 2 is 2.00 bits per heavy atom. The number of nitrogens with two attached hydrogens (primary N) is 1. The zero-order valence-corrected chi connectivity index (χ0v) is 13.2. The van der Waals surface area contributed by atoms with E-state index in [2.05, 4.69) is 24.3 Å². The molecule has 1 saturated heterocycles. The average molecular weight is 290 g/mol. The molecule has 4 heteroatoms. The first-order chi connectivity index (χ1) is 9.90. The lowest BCUT2D eigenvalue weighted by molar-refractivity contribution is 0.0150. The molecule has 2 N–H and O–H groups in total. The van der Waals surface area contributed by atoms with Crippen molar-refractivity contribution in [2.24, 2.45) is 11.7 Å². The summed E-state index contributed by atoms with van der Waals surface area (Å²) in [6.45, 7) is 7.65. The Bertz CT molecular complexity index is 467. The maximum absolute atomic E-state index is 12.2. The van der Waals surface area contributed by atoms with Crippen molar-refractivity contribution in [1.82, 2.24) is 4.90 Å². The van der Waals surface area contributed by atoms with Gasteiger partial charge >= 0.3 is 6.09 Å². The van der Waals surface area contributed by atoms with Crippen molar-refractivity contribution in [2.75, 3.05) is 19.6 Å². The van der Waals surface area contributed by atoms with Crippen LogP contribution in [-0.4, -0.2) is 36.2 Å². The van der Waals surface area contributed by atoms with Crippen LogP contribution in [0.2, 0.25) is 0 Å². The van der Waals surface area contributed by atoms with Crippen LogP contribution in [0.25, 0.3) is 0 Å². The second kappa shape index (κ2) is 6.48. The summed E-state index contributed by atoms with van der Waals surface area (Å²) in [6.07, 6.45) is 0.706. The maximum Gasteiger partial charge on any atom is 0.410 e. The van der Waals surface area contributed by atoms with E-state index >= 15 is 0 Å². The Hall–Kier alpha value is -1.55. The molecule has 2 unspecified atom stereocenters. The van der Waals surface area contributed by atoms with Crippen molar-refractivity contribution >= 4 is 6.09 Å². The van der Waals surface area contributed by atoms with E-state index in [-0.39, 0.29) is 12.0 Å². The van der Waals surface area contributed by atoms with Gasteiger partial charge in [-0.25, -0.2) is 4.79 Å². The topological polar surface area (TPSA) is 55.6 Å². The molecule has 21 heavy (non-hydrogen) atoms. The Balaban J connectivity index is 2.03. The van der Waals surface area contributed by atoms with Gasteiger partial charge in [-0.05, 0) is 51.1 Å². The molecule has 2 atom stereocenters. The number of ether oxygens (including phenoxy) is 1. The predicted octanol–water partition coefficient (Wildman–Crippen LogP) is 2.99. The Kier molecular flexibility index (Phi) is 4.88. The van der Waals surface area contributed by atoms with E-state index in [1.54, 1.807) is 4.90 Å². The highest BCUT2D eigenvalue weighted by atomic mass is 16.6. The van der Waals surface area contributed by atoms with Gasteiger partial charge in [-0.3, -0.25) is 0 Å². The van der Waals surface area contributed by atoms with Crippen LogP contribution in [-0.2, 0) is 4.74 Å². The lowest BCUT2D eigenvalue weighted by atomic mass is 9.80. The molecule has 116 valence electrons. The van der Waals surface area contributed by atoms with Gasteiger partial charge in [0.15, 0.2) is 0 Å². The van der Waals surface area contributed by atoms with E-state index in [0.717, 1.165) is 13.0 Å². The van der Waals surface area contributed by atoms with Gasteiger partial charge in [0, 0.05) is 13.1 Å². The molecule has 1 heterocycles. The molecule has 0 saturated carbocycles. The molecule has 0 bridgehead atoms. The van der Waals surface area contributed by atoms with Crippen LogP contribution in [0.1, 0.15) is 38.7 Å². The molecule has 0 aromatic heterocycles. The number of carbonyl (C=O) groups excluding carboxylic acids is 1. The van der Waals surface area contributed by atoms with Gasteiger partial charge in [-0.15, -0.1) is 0 Å². The molecular weight excluding hydrogens is 264 g/mol. The van der Waals surface area contributed by atoms with E-state index in [1.807, 2.05) is 26.8 Å². The highest BCUT2D eigenvalue weighted by Gasteiger charge is 2.33. The van der Waals surface area contributed by atoms with Crippen molar-refractivity contribution in [2.45, 2.75) is 38.7 Å². The Morgan fingerprint density at radius 1 is 1.33 bits per heavy atom. The van der Waals surface area contributed by atoms with Gasteiger partial charge in [-0.2, -0.15) is 0 Å². The number of piperidine rings is 1. The van der Waals surface area contributed by atoms with Gasteiger partial charge < -0.3 is 15.4 Å².